The summed E-state index contributed by atoms with van der Waals surface area (Å²) in [6.45, 7) is 0.983. The molecule has 0 saturated carbocycles. The summed E-state index contributed by atoms with van der Waals surface area (Å²) in [4.78, 5) is 11.7. The van der Waals surface area contributed by atoms with Gasteiger partial charge in [-0.25, -0.2) is 4.68 Å². The second-order valence-electron chi connectivity index (χ2n) is 3.95. The lowest BCUT2D eigenvalue weighted by Crippen LogP contribution is -2.36. The van der Waals surface area contributed by atoms with Gasteiger partial charge >= 0.3 is 0 Å². The molecule has 1 saturated heterocycles. The number of aromatic nitrogens is 4. The Kier molecular flexibility index (Phi) is 3.03. The van der Waals surface area contributed by atoms with Gasteiger partial charge in [0.25, 0.3) is 5.56 Å². The third-order valence-electron chi connectivity index (χ3n) is 2.80. The number of ether oxygens (including phenoxy) is 1. The van der Waals surface area contributed by atoms with Gasteiger partial charge in [-0.1, -0.05) is 0 Å². The van der Waals surface area contributed by atoms with Crippen molar-refractivity contribution in [3.8, 4) is 0 Å². The summed E-state index contributed by atoms with van der Waals surface area (Å²) in [5.74, 6) is 0.699. The van der Waals surface area contributed by atoms with E-state index >= 15 is 0 Å². The molecule has 0 aromatic carbocycles. The molecule has 3 rings (SSSR count). The molecule has 0 bridgehead atoms. The maximum atomic E-state index is 11.7. The quantitative estimate of drug-likeness (QED) is 0.850. The van der Waals surface area contributed by atoms with Crippen molar-refractivity contribution in [2.45, 2.75) is 12.1 Å². The molecule has 1 N–H and O–H groups in total. The summed E-state index contributed by atoms with van der Waals surface area (Å²) in [5.41, 5.74) is -0.129. The largest absolute Gasteiger partial charge is 0.377 e. The predicted molar refractivity (Wildman–Crippen MR) is 65.7 cm³/mol. The lowest BCUT2D eigenvalue weighted by Gasteiger charge is -2.19. The molecule has 0 aliphatic carbocycles. The fourth-order valence-electron chi connectivity index (χ4n) is 1.96. The zero-order valence-corrected chi connectivity index (χ0v) is 10.2. The molecule has 0 spiro atoms. The molecule has 3 heterocycles. The summed E-state index contributed by atoms with van der Waals surface area (Å²) in [6, 6.07) is 2.97. The molecule has 2 aromatic rings. The van der Waals surface area contributed by atoms with Gasteiger partial charge in [0.15, 0.2) is 5.82 Å². The van der Waals surface area contributed by atoms with Crippen LogP contribution in [0.3, 0.4) is 0 Å². The van der Waals surface area contributed by atoms with Gasteiger partial charge in [0.2, 0.25) is 0 Å². The van der Waals surface area contributed by atoms with Gasteiger partial charge < -0.3 is 10.1 Å². The average molecular weight is 265 g/mol. The zero-order valence-electron chi connectivity index (χ0n) is 9.39. The van der Waals surface area contributed by atoms with E-state index in [9.17, 15) is 4.79 Å². The van der Waals surface area contributed by atoms with Gasteiger partial charge in [0.05, 0.1) is 37.2 Å². The molecule has 2 unspecified atom stereocenters. The Bertz CT molecular complexity index is 570. The number of nitrogens with zero attached hydrogens (tertiary/aromatic N) is 4. The van der Waals surface area contributed by atoms with Crippen molar-refractivity contribution in [3.05, 3.63) is 34.9 Å². The van der Waals surface area contributed by atoms with Crippen molar-refractivity contribution in [2.24, 2.45) is 0 Å². The minimum atomic E-state index is -0.129. The highest BCUT2D eigenvalue weighted by molar-refractivity contribution is 6.99. The molecule has 8 heteroatoms. The molecular weight excluding hydrogens is 254 g/mol. The molecule has 2 atom stereocenters. The van der Waals surface area contributed by atoms with E-state index in [1.165, 1.54) is 10.7 Å². The Morgan fingerprint density at radius 2 is 2.44 bits per heavy atom. The van der Waals surface area contributed by atoms with Crippen molar-refractivity contribution >= 4 is 17.5 Å². The van der Waals surface area contributed by atoms with Crippen LogP contribution in [0.4, 0.5) is 5.82 Å². The van der Waals surface area contributed by atoms with Crippen LogP contribution in [0.25, 0.3) is 0 Å². The van der Waals surface area contributed by atoms with E-state index in [1.54, 1.807) is 18.5 Å². The van der Waals surface area contributed by atoms with Crippen LogP contribution in [0.5, 0.6) is 0 Å². The second-order valence-corrected chi connectivity index (χ2v) is 4.51. The van der Waals surface area contributed by atoms with Gasteiger partial charge in [-0.2, -0.15) is 13.8 Å². The van der Waals surface area contributed by atoms with Crippen molar-refractivity contribution < 1.29 is 4.74 Å². The van der Waals surface area contributed by atoms with E-state index in [0.717, 1.165) is 11.7 Å². The van der Waals surface area contributed by atoms with E-state index in [4.69, 9.17) is 4.74 Å². The summed E-state index contributed by atoms with van der Waals surface area (Å²) < 4.78 is 14.9. The van der Waals surface area contributed by atoms with Gasteiger partial charge in [-0.3, -0.25) is 4.79 Å². The van der Waals surface area contributed by atoms with E-state index in [1.807, 2.05) is 0 Å². The Balaban J connectivity index is 1.83. The van der Waals surface area contributed by atoms with Gasteiger partial charge in [-0.15, -0.1) is 0 Å². The first-order valence-electron chi connectivity index (χ1n) is 5.50. The molecule has 0 radical (unpaired) electrons. The van der Waals surface area contributed by atoms with Crippen LogP contribution in [0.15, 0.2) is 29.3 Å². The molecular formula is C10H11N5O2S. The molecule has 1 fully saturated rings. The van der Waals surface area contributed by atoms with Crippen LogP contribution in [-0.4, -0.2) is 37.8 Å². The smallest absolute Gasteiger partial charge is 0.267 e. The monoisotopic (exact) mass is 265 g/mol. The normalized spacial score (nSPS) is 23.1. The molecule has 0 amide bonds. The third-order valence-corrected chi connectivity index (χ3v) is 3.28. The fraction of sp³-hybridized carbons (Fsp3) is 0.400. The highest BCUT2D eigenvalue weighted by Crippen LogP contribution is 2.20. The maximum Gasteiger partial charge on any atom is 0.267 e. The SMILES string of the molecule is O=c1cccnn1C1COCC1Nc1cnsn1. The van der Waals surface area contributed by atoms with Gasteiger partial charge in [0, 0.05) is 12.3 Å². The van der Waals surface area contributed by atoms with Crippen LogP contribution >= 0.6 is 11.7 Å². The number of anilines is 1. The average Bonchev–Trinajstić information content (AvgIpc) is 3.02. The van der Waals surface area contributed by atoms with Crippen molar-refractivity contribution in [3.63, 3.8) is 0 Å². The first kappa shape index (κ1) is 11.3. The van der Waals surface area contributed by atoms with E-state index < -0.39 is 0 Å². The summed E-state index contributed by atoms with van der Waals surface area (Å²) >= 11 is 1.14. The van der Waals surface area contributed by atoms with Crippen LogP contribution in [-0.2, 0) is 4.74 Å². The van der Waals surface area contributed by atoms with Crippen LogP contribution in [0, 0.1) is 0 Å². The molecule has 7 nitrogen and oxygen atoms in total. The first-order valence-corrected chi connectivity index (χ1v) is 6.23. The minimum Gasteiger partial charge on any atom is -0.377 e. The fourth-order valence-corrected chi connectivity index (χ4v) is 2.34. The van der Waals surface area contributed by atoms with Crippen molar-refractivity contribution in [1.82, 2.24) is 18.5 Å². The van der Waals surface area contributed by atoms with Crippen LogP contribution < -0.4 is 10.9 Å². The Hall–Kier alpha value is -1.80. The first-order chi connectivity index (χ1) is 8.84. The van der Waals surface area contributed by atoms with Gasteiger partial charge in [-0.05, 0) is 6.07 Å². The standard InChI is InChI=1S/C10H11N5O2S/c16-10-2-1-3-11-15(10)8-6-17-5-7(8)13-9-4-12-18-14-9/h1-4,7-8H,5-6H2,(H,13,14). The molecule has 1 aliphatic rings. The Morgan fingerprint density at radius 3 is 3.22 bits per heavy atom. The van der Waals surface area contributed by atoms with Crippen LogP contribution in [0.2, 0.25) is 0 Å². The molecule has 2 aromatic heterocycles. The van der Waals surface area contributed by atoms with E-state index in [-0.39, 0.29) is 17.6 Å². The highest BCUT2D eigenvalue weighted by atomic mass is 32.1. The second kappa shape index (κ2) is 4.83. The maximum absolute atomic E-state index is 11.7. The summed E-state index contributed by atoms with van der Waals surface area (Å²) in [5, 5.41) is 7.30. The number of hydrogen-bond donors (Lipinski definition) is 1. The third kappa shape index (κ3) is 2.12. The topological polar surface area (TPSA) is 81.9 Å². The minimum absolute atomic E-state index is 0.0264. The number of hydrogen-bond acceptors (Lipinski definition) is 7. The van der Waals surface area contributed by atoms with Crippen LogP contribution in [0.1, 0.15) is 6.04 Å². The predicted octanol–water partition coefficient (Wildman–Crippen LogP) is 0.147. The molecule has 18 heavy (non-hydrogen) atoms. The number of rotatable bonds is 3. The van der Waals surface area contributed by atoms with Crippen molar-refractivity contribution in [1.29, 1.82) is 0 Å². The van der Waals surface area contributed by atoms with Gasteiger partial charge in [0.1, 0.15) is 6.04 Å². The zero-order chi connectivity index (χ0) is 12.4. The van der Waals surface area contributed by atoms with Crippen molar-refractivity contribution in [2.75, 3.05) is 18.5 Å². The summed E-state index contributed by atoms with van der Waals surface area (Å²) in [6.07, 6.45) is 3.25. The summed E-state index contributed by atoms with van der Waals surface area (Å²) in [7, 11) is 0. The Morgan fingerprint density at radius 1 is 1.50 bits per heavy atom. The molecule has 1 aliphatic heterocycles. The number of nitrogens with one attached hydrogen (secondary N) is 1. The lowest BCUT2D eigenvalue weighted by molar-refractivity contribution is 0.182. The van der Waals surface area contributed by atoms with E-state index in [2.05, 4.69) is 19.2 Å². The lowest BCUT2D eigenvalue weighted by atomic mass is 10.2. The highest BCUT2D eigenvalue weighted by Gasteiger charge is 2.31. The Labute approximate surface area is 107 Å². The van der Waals surface area contributed by atoms with E-state index in [0.29, 0.717) is 19.0 Å². The molecule has 94 valence electrons.